The first kappa shape index (κ1) is 19.5. The van der Waals surface area contributed by atoms with Crippen LogP contribution in [0, 0.1) is 6.92 Å². The first-order chi connectivity index (χ1) is 12.3. The van der Waals surface area contributed by atoms with Gasteiger partial charge in [0.25, 0.3) is 5.56 Å². The number of fused-ring (bicyclic) bond motifs is 1. The Hall–Kier alpha value is -2.31. The Morgan fingerprint density at radius 2 is 1.74 bits per heavy atom. The lowest BCUT2D eigenvalue weighted by Crippen LogP contribution is -2.61. The highest BCUT2D eigenvalue weighted by molar-refractivity contribution is 6.63. The first-order valence-corrected chi connectivity index (χ1v) is 7.69. The van der Waals surface area contributed by atoms with Gasteiger partial charge in [-0.2, -0.15) is 0 Å². The van der Waals surface area contributed by atoms with Crippen molar-refractivity contribution >= 4 is 86.4 Å². The van der Waals surface area contributed by atoms with E-state index in [1.807, 2.05) is 5.32 Å². The van der Waals surface area contributed by atoms with Gasteiger partial charge in [0, 0.05) is 5.69 Å². The number of hydrogen-bond donors (Lipinski definition) is 2. The molecule has 0 bridgehead atoms. The number of carbonyl (C=O) groups excluding carboxylic acids is 2. The van der Waals surface area contributed by atoms with Crippen LogP contribution in [0.5, 0.6) is 0 Å². The number of nitrogens with zero attached hydrogens (tertiary/aromatic N) is 2. The number of imide groups is 1. The summed E-state index contributed by atoms with van der Waals surface area (Å²) in [4.78, 5) is 41.8. The number of anilines is 1. The molecule has 1 aromatic heterocycles. The summed E-state index contributed by atoms with van der Waals surface area (Å²) in [7, 11) is 35.1. The largest absolute Gasteiger partial charge is 0.398 e. The minimum Gasteiger partial charge on any atom is -0.398 e. The predicted molar refractivity (Wildman–Crippen MR) is 107 cm³/mol. The number of amides is 2. The number of aromatic nitrogens is 2. The molecule has 1 saturated heterocycles. The molecule has 1 aliphatic rings. The number of carbonyl (C=O) groups is 2. The van der Waals surface area contributed by atoms with Gasteiger partial charge in [0.1, 0.15) is 27.6 Å². The second kappa shape index (κ2) is 5.84. The van der Waals surface area contributed by atoms with E-state index in [4.69, 9.17) is 52.8 Å². The minimum atomic E-state index is -2.35. The van der Waals surface area contributed by atoms with E-state index in [-0.39, 0.29) is 33.3 Å². The number of nitrogen functional groups attached to an aromatic ring is 1. The number of benzene rings is 1. The van der Waals surface area contributed by atoms with Gasteiger partial charge in [-0.1, -0.05) is 22.2 Å². The molecule has 2 amide bonds. The van der Waals surface area contributed by atoms with Crippen molar-refractivity contribution in [1.82, 2.24) is 14.9 Å². The van der Waals surface area contributed by atoms with Crippen molar-refractivity contribution in [2.45, 2.75) is 23.4 Å². The van der Waals surface area contributed by atoms with Crippen LogP contribution in [0.25, 0.3) is 10.9 Å². The molecule has 1 unspecified atom stereocenters. The molecular formula is C14H8B6N4O3. The molecule has 3 N–H and O–H groups in total. The number of hydrogen-bond acceptors (Lipinski definition) is 5. The van der Waals surface area contributed by atoms with Crippen LogP contribution >= 0.6 is 0 Å². The van der Waals surface area contributed by atoms with Crippen LogP contribution in [0.2, 0.25) is 10.4 Å². The summed E-state index contributed by atoms with van der Waals surface area (Å²) < 4.78 is 0.869. The second-order valence-corrected chi connectivity index (χ2v) is 6.55. The third kappa shape index (κ3) is 2.51. The summed E-state index contributed by atoms with van der Waals surface area (Å²) in [5, 5.41) is -2.85. The van der Waals surface area contributed by atoms with Gasteiger partial charge in [0.05, 0.1) is 42.3 Å². The zero-order valence-corrected chi connectivity index (χ0v) is 14.3. The highest BCUT2D eigenvalue weighted by Crippen LogP contribution is 2.52. The number of nitrogens with two attached hydrogens (primary N) is 1. The Morgan fingerprint density at radius 3 is 2.33 bits per heavy atom. The second-order valence-electron chi connectivity index (χ2n) is 6.55. The van der Waals surface area contributed by atoms with E-state index in [1.165, 1.54) is 13.0 Å². The number of nitrogens with one attached hydrogen (secondary N) is 1. The zero-order chi connectivity index (χ0) is 20.5. The normalized spacial score (nSPS) is 21.1. The van der Waals surface area contributed by atoms with Gasteiger partial charge in [-0.15, -0.1) is 0 Å². The molecule has 1 aromatic carbocycles. The van der Waals surface area contributed by atoms with Gasteiger partial charge in [0.15, 0.2) is 0 Å². The van der Waals surface area contributed by atoms with Crippen molar-refractivity contribution in [2.75, 3.05) is 5.73 Å². The molecule has 7 nitrogen and oxygen atoms in total. The van der Waals surface area contributed by atoms with E-state index >= 15 is 0 Å². The quantitative estimate of drug-likeness (QED) is 0.311. The van der Waals surface area contributed by atoms with Crippen molar-refractivity contribution in [3.63, 3.8) is 0 Å². The fraction of sp³-hybridized carbons (Fsp3) is 0.286. The van der Waals surface area contributed by atoms with Crippen molar-refractivity contribution in [1.29, 1.82) is 0 Å². The molecule has 27 heavy (non-hydrogen) atoms. The molecule has 0 spiro atoms. The Morgan fingerprint density at radius 1 is 1.15 bits per heavy atom. The SMILES string of the molecule is [B]c1cc([B])c2nc(C)n(C3C(=O)NC(=O)C([B])([B])C3([B])[B])c(=O)c2c1N. The molecule has 2 aromatic rings. The van der Waals surface area contributed by atoms with Crippen LogP contribution in [0.3, 0.4) is 0 Å². The van der Waals surface area contributed by atoms with Gasteiger partial charge in [-0.25, -0.2) is 4.98 Å². The van der Waals surface area contributed by atoms with Crippen molar-refractivity contribution in [2.24, 2.45) is 0 Å². The van der Waals surface area contributed by atoms with Gasteiger partial charge in [-0.05, 0) is 12.1 Å². The molecule has 120 valence electrons. The van der Waals surface area contributed by atoms with Gasteiger partial charge >= 0.3 is 0 Å². The van der Waals surface area contributed by atoms with Gasteiger partial charge in [0.2, 0.25) is 11.8 Å². The Labute approximate surface area is 162 Å². The summed E-state index contributed by atoms with van der Waals surface area (Å²) in [5.41, 5.74) is 5.31. The first-order valence-electron chi connectivity index (χ1n) is 7.69. The summed E-state index contributed by atoms with van der Waals surface area (Å²) >= 11 is 0. The summed E-state index contributed by atoms with van der Waals surface area (Å²) in [6, 6.07) is -0.294. The molecule has 0 aliphatic carbocycles. The maximum Gasteiger partial charge on any atom is 0.264 e. The highest BCUT2D eigenvalue weighted by Gasteiger charge is 2.54. The van der Waals surface area contributed by atoms with Crippen molar-refractivity contribution in [3.8, 4) is 0 Å². The van der Waals surface area contributed by atoms with Crippen molar-refractivity contribution in [3.05, 3.63) is 22.2 Å². The Balaban J connectivity index is 2.41. The van der Waals surface area contributed by atoms with Crippen LogP contribution in [0.15, 0.2) is 10.9 Å². The highest BCUT2D eigenvalue weighted by atomic mass is 16.2. The molecule has 3 rings (SSSR count). The lowest BCUT2D eigenvalue weighted by atomic mass is 9.26. The third-order valence-corrected chi connectivity index (χ3v) is 4.74. The average molecular weight is 345 g/mol. The topological polar surface area (TPSA) is 107 Å². The summed E-state index contributed by atoms with van der Waals surface area (Å²) in [6.07, 6.45) is 0. The Kier molecular flexibility index (Phi) is 4.21. The predicted octanol–water partition coefficient (Wildman–Crippen LogP) is -4.02. The fourth-order valence-corrected chi connectivity index (χ4v) is 3.11. The lowest BCUT2D eigenvalue weighted by Gasteiger charge is -2.51. The van der Waals surface area contributed by atoms with E-state index in [0.29, 0.717) is 0 Å². The van der Waals surface area contributed by atoms with E-state index in [1.54, 1.807) is 0 Å². The average Bonchev–Trinajstić information content (AvgIpc) is 2.54. The van der Waals surface area contributed by atoms with Crippen LogP contribution in [-0.4, -0.2) is 68.4 Å². The molecule has 13 heteroatoms. The van der Waals surface area contributed by atoms with Crippen LogP contribution in [0.1, 0.15) is 11.9 Å². The van der Waals surface area contributed by atoms with E-state index in [9.17, 15) is 14.4 Å². The van der Waals surface area contributed by atoms with E-state index < -0.39 is 33.8 Å². The standard InChI is InChI=1S/C14H8B6N4O3/c1-3-22-8-5(16)2-4(15)7(21)6(8)11(26)24(3)9-10(25)23-12(27)14(19,20)13(9,17)18/h2,9H,21H2,1H3,(H,23,25,27). The van der Waals surface area contributed by atoms with Gasteiger partial charge in [-0.3, -0.25) is 24.3 Å². The molecular weight excluding hydrogens is 337 g/mol. The van der Waals surface area contributed by atoms with Crippen LogP contribution < -0.4 is 27.5 Å². The molecule has 1 aliphatic heterocycles. The van der Waals surface area contributed by atoms with Gasteiger partial charge < -0.3 is 5.73 Å². The van der Waals surface area contributed by atoms with E-state index in [0.717, 1.165) is 4.57 Å². The summed E-state index contributed by atoms with van der Waals surface area (Å²) in [6.45, 7) is 1.42. The molecule has 1 atom stereocenters. The number of piperidine rings is 1. The monoisotopic (exact) mass is 346 g/mol. The van der Waals surface area contributed by atoms with Crippen LogP contribution in [0.4, 0.5) is 5.69 Å². The minimum absolute atomic E-state index is 0.0222. The Bertz CT molecular complexity index is 1080. The van der Waals surface area contributed by atoms with Crippen LogP contribution in [-0.2, 0) is 9.59 Å². The zero-order valence-electron chi connectivity index (χ0n) is 14.3. The smallest absolute Gasteiger partial charge is 0.264 e. The third-order valence-electron chi connectivity index (χ3n) is 4.74. The van der Waals surface area contributed by atoms with E-state index in [2.05, 4.69) is 4.98 Å². The molecule has 12 radical (unpaired) electrons. The molecule has 0 saturated carbocycles. The maximum absolute atomic E-state index is 13.2. The lowest BCUT2D eigenvalue weighted by molar-refractivity contribution is -0.137. The summed E-state index contributed by atoms with van der Waals surface area (Å²) in [5.74, 6) is -2.03. The van der Waals surface area contributed by atoms with Crippen molar-refractivity contribution < 1.29 is 9.59 Å². The molecule has 1 fully saturated rings. The number of rotatable bonds is 1. The fourth-order valence-electron chi connectivity index (χ4n) is 3.11. The number of aryl methyl sites for hydroxylation is 1. The molecule has 2 heterocycles. The maximum atomic E-state index is 13.2.